The van der Waals surface area contributed by atoms with Gasteiger partial charge in [-0.05, 0) is 38.1 Å². The Kier molecular flexibility index (Phi) is 2.88. The Hall–Kier alpha value is -1.23. The lowest BCUT2D eigenvalue weighted by atomic mass is 9.53. The van der Waals surface area contributed by atoms with E-state index in [1.807, 2.05) is 12.1 Å². The van der Waals surface area contributed by atoms with Gasteiger partial charge in [0.1, 0.15) is 12.2 Å². The minimum atomic E-state index is -0.594. The summed E-state index contributed by atoms with van der Waals surface area (Å²) in [6, 6.07) is 4.23. The van der Waals surface area contributed by atoms with Gasteiger partial charge in [0.05, 0.1) is 0 Å². The highest BCUT2D eigenvalue weighted by atomic mass is 35.5. The van der Waals surface area contributed by atoms with Crippen LogP contribution in [0.15, 0.2) is 24.3 Å². The molecule has 5 rings (SSSR count). The van der Waals surface area contributed by atoms with Crippen LogP contribution in [0.2, 0.25) is 0 Å². The van der Waals surface area contributed by atoms with Crippen LogP contribution in [0.3, 0.4) is 0 Å². The molecule has 4 aliphatic rings. The SMILES string of the molecule is CN1CC[C@]23c4c5ccc(O)c4O[C@H]2[C@@H](O)C=C[C@@H]3[C@H]1C5.Cl. The summed E-state index contributed by atoms with van der Waals surface area (Å²) >= 11 is 0. The van der Waals surface area contributed by atoms with Crippen LogP contribution in [0.4, 0.5) is 0 Å². The predicted octanol–water partition coefficient (Wildman–Crippen LogP) is 1.62. The van der Waals surface area contributed by atoms with Gasteiger partial charge < -0.3 is 19.8 Å². The van der Waals surface area contributed by atoms with E-state index in [1.165, 1.54) is 11.1 Å². The number of rotatable bonds is 0. The zero-order chi connectivity index (χ0) is 14.4. The molecule has 22 heavy (non-hydrogen) atoms. The van der Waals surface area contributed by atoms with E-state index < -0.39 is 6.10 Å². The van der Waals surface area contributed by atoms with Crippen LogP contribution in [-0.4, -0.2) is 47.0 Å². The molecule has 1 fully saturated rings. The van der Waals surface area contributed by atoms with Gasteiger partial charge in [0.2, 0.25) is 0 Å². The van der Waals surface area contributed by atoms with Crippen molar-refractivity contribution < 1.29 is 14.9 Å². The van der Waals surface area contributed by atoms with Crippen molar-refractivity contribution in [1.82, 2.24) is 4.90 Å². The van der Waals surface area contributed by atoms with Crippen molar-refractivity contribution >= 4 is 12.4 Å². The summed E-state index contributed by atoms with van der Waals surface area (Å²) < 4.78 is 6.09. The van der Waals surface area contributed by atoms with Crippen molar-refractivity contribution in [3.8, 4) is 11.5 Å². The third-order valence-electron chi connectivity index (χ3n) is 6.15. The Morgan fingerprint density at radius 3 is 2.95 bits per heavy atom. The van der Waals surface area contributed by atoms with E-state index in [1.54, 1.807) is 6.07 Å². The number of piperidine rings is 1. The number of hydrogen-bond donors (Lipinski definition) is 2. The number of likely N-dealkylation sites (tertiary alicyclic amines) is 1. The highest BCUT2D eigenvalue weighted by molar-refractivity contribution is 5.85. The van der Waals surface area contributed by atoms with Gasteiger partial charge in [-0.15, -0.1) is 12.4 Å². The second-order valence-corrected chi connectivity index (χ2v) is 6.93. The van der Waals surface area contributed by atoms with Crippen LogP contribution in [0, 0.1) is 5.92 Å². The number of ether oxygens (including phenoxy) is 1. The summed E-state index contributed by atoms with van der Waals surface area (Å²) in [5, 5.41) is 20.6. The zero-order valence-corrected chi connectivity index (χ0v) is 13.2. The summed E-state index contributed by atoms with van der Waals surface area (Å²) in [6.45, 7) is 1.01. The first kappa shape index (κ1) is 14.4. The van der Waals surface area contributed by atoms with Crippen LogP contribution in [-0.2, 0) is 11.8 Å². The molecule has 2 N–H and O–H groups in total. The van der Waals surface area contributed by atoms with Crippen LogP contribution in [0.1, 0.15) is 17.5 Å². The van der Waals surface area contributed by atoms with Gasteiger partial charge in [-0.25, -0.2) is 0 Å². The summed E-state index contributed by atoms with van der Waals surface area (Å²) in [6.07, 6.45) is 5.18. The fourth-order valence-electron chi connectivity index (χ4n) is 5.24. The van der Waals surface area contributed by atoms with Crippen molar-refractivity contribution in [2.24, 2.45) is 5.92 Å². The molecule has 1 aromatic carbocycles. The summed E-state index contributed by atoms with van der Waals surface area (Å²) in [7, 11) is 2.19. The number of phenols is 1. The van der Waals surface area contributed by atoms with Crippen LogP contribution < -0.4 is 4.74 Å². The van der Waals surface area contributed by atoms with Crippen molar-refractivity contribution in [3.63, 3.8) is 0 Å². The second kappa shape index (κ2) is 4.40. The van der Waals surface area contributed by atoms with E-state index in [0.29, 0.717) is 17.7 Å². The highest BCUT2D eigenvalue weighted by Gasteiger charge is 2.64. The van der Waals surface area contributed by atoms with Crippen LogP contribution in [0.5, 0.6) is 11.5 Å². The number of phenolic OH excluding ortho intramolecular Hbond substituents is 1. The van der Waals surface area contributed by atoms with Gasteiger partial charge >= 0.3 is 0 Å². The van der Waals surface area contributed by atoms with E-state index in [4.69, 9.17) is 4.74 Å². The Balaban J connectivity index is 0.00000125. The average molecular weight is 322 g/mol. The molecule has 1 spiro atoms. The molecule has 1 saturated heterocycles. The maximum Gasteiger partial charge on any atom is 0.165 e. The summed E-state index contributed by atoms with van der Waals surface area (Å²) in [5.41, 5.74) is 2.29. The summed E-state index contributed by atoms with van der Waals surface area (Å²) in [5.74, 6) is 1.19. The molecule has 0 amide bonds. The topological polar surface area (TPSA) is 52.9 Å². The molecule has 1 aromatic rings. The molecular formula is C17H20ClNO3. The molecule has 5 heteroatoms. The van der Waals surface area contributed by atoms with Crippen LogP contribution in [0.25, 0.3) is 0 Å². The first-order chi connectivity index (χ1) is 10.1. The van der Waals surface area contributed by atoms with Gasteiger partial charge in [0.25, 0.3) is 0 Å². The Bertz CT molecular complexity index is 676. The van der Waals surface area contributed by atoms with Gasteiger partial charge in [0.15, 0.2) is 11.5 Å². The first-order valence-electron chi connectivity index (χ1n) is 7.71. The minimum Gasteiger partial charge on any atom is -0.504 e. The Morgan fingerprint density at radius 1 is 1.32 bits per heavy atom. The molecule has 2 aliphatic carbocycles. The first-order valence-corrected chi connectivity index (χ1v) is 7.71. The molecule has 5 atom stereocenters. The molecule has 4 nitrogen and oxygen atoms in total. The smallest absolute Gasteiger partial charge is 0.165 e. The fourth-order valence-corrected chi connectivity index (χ4v) is 5.24. The molecular weight excluding hydrogens is 302 g/mol. The van der Waals surface area contributed by atoms with Crippen molar-refractivity contribution in [3.05, 3.63) is 35.4 Å². The van der Waals surface area contributed by atoms with Crippen molar-refractivity contribution in [2.75, 3.05) is 13.6 Å². The number of hydrogen-bond acceptors (Lipinski definition) is 4. The number of aliphatic hydroxyl groups is 1. The quantitative estimate of drug-likeness (QED) is 0.713. The number of benzene rings is 1. The summed E-state index contributed by atoms with van der Waals surface area (Å²) in [4.78, 5) is 2.43. The molecule has 2 aliphatic heterocycles. The van der Waals surface area contributed by atoms with Gasteiger partial charge in [-0.3, -0.25) is 0 Å². The Labute approximate surface area is 135 Å². The minimum absolute atomic E-state index is 0. The van der Waals surface area contributed by atoms with Crippen molar-refractivity contribution in [1.29, 1.82) is 0 Å². The third-order valence-corrected chi connectivity index (χ3v) is 6.15. The highest BCUT2D eigenvalue weighted by Crippen LogP contribution is 2.62. The number of nitrogens with zero attached hydrogens (tertiary/aromatic N) is 1. The molecule has 0 radical (unpaired) electrons. The number of likely N-dealkylation sites (N-methyl/N-ethyl adjacent to an activating group) is 1. The molecule has 118 valence electrons. The molecule has 0 unspecified atom stereocenters. The molecule has 0 saturated carbocycles. The lowest BCUT2D eigenvalue weighted by Gasteiger charge is -2.56. The van der Waals surface area contributed by atoms with E-state index in [-0.39, 0.29) is 29.7 Å². The maximum absolute atomic E-state index is 10.4. The predicted molar refractivity (Wildman–Crippen MR) is 84.8 cm³/mol. The Morgan fingerprint density at radius 2 is 2.14 bits per heavy atom. The second-order valence-electron chi connectivity index (χ2n) is 6.93. The number of halogens is 1. The monoisotopic (exact) mass is 321 g/mol. The lowest BCUT2D eigenvalue weighted by Crippen LogP contribution is -2.64. The van der Waals surface area contributed by atoms with Gasteiger partial charge in [-0.1, -0.05) is 18.2 Å². The van der Waals surface area contributed by atoms with E-state index >= 15 is 0 Å². The third kappa shape index (κ3) is 1.41. The van der Waals surface area contributed by atoms with Gasteiger partial charge in [0, 0.05) is 22.9 Å². The van der Waals surface area contributed by atoms with E-state index in [9.17, 15) is 10.2 Å². The molecule has 0 aromatic heterocycles. The standard InChI is InChI=1S/C17H19NO3.ClH/c1-18-7-6-17-10-3-5-13(20)16(17)21-15-12(19)4-2-9(14(15)17)8-11(10)18;/h2-5,10-11,13,16,19-20H,6-8H2,1H3;1H/t10-,11-,13+,16+,17+;/m1./s1. The van der Waals surface area contributed by atoms with Gasteiger partial charge in [-0.2, -0.15) is 0 Å². The van der Waals surface area contributed by atoms with E-state index in [2.05, 4.69) is 18.0 Å². The lowest BCUT2D eigenvalue weighted by molar-refractivity contribution is -0.0453. The van der Waals surface area contributed by atoms with Crippen molar-refractivity contribution in [2.45, 2.75) is 36.5 Å². The molecule has 2 bridgehead atoms. The maximum atomic E-state index is 10.4. The largest absolute Gasteiger partial charge is 0.504 e. The van der Waals surface area contributed by atoms with Crippen LogP contribution >= 0.6 is 12.4 Å². The fraction of sp³-hybridized carbons (Fsp3) is 0.529. The average Bonchev–Trinajstić information content (AvgIpc) is 2.83. The molecule has 2 heterocycles. The number of aliphatic hydroxyl groups excluding tert-OH is 1. The normalized spacial score (nSPS) is 40.6. The number of aromatic hydroxyl groups is 1. The zero-order valence-electron chi connectivity index (χ0n) is 12.4. The van der Waals surface area contributed by atoms with E-state index in [0.717, 1.165) is 19.4 Å².